The first-order chi connectivity index (χ1) is 9.54. The van der Waals surface area contributed by atoms with Crippen molar-refractivity contribution in [2.75, 3.05) is 25.0 Å². The summed E-state index contributed by atoms with van der Waals surface area (Å²) in [5.74, 6) is 0. The zero-order valence-electron chi connectivity index (χ0n) is 11.0. The summed E-state index contributed by atoms with van der Waals surface area (Å²) in [6, 6.07) is 4.81. The number of anilines is 1. The van der Waals surface area contributed by atoms with Crippen LogP contribution in [0.1, 0.15) is 6.92 Å². The maximum Gasteiger partial charge on any atom is 0.411 e. The third kappa shape index (κ3) is 4.52. The monoisotopic (exact) mass is 318 g/mol. The van der Waals surface area contributed by atoms with Crippen molar-refractivity contribution in [1.29, 1.82) is 0 Å². The Labute approximate surface area is 127 Å². The van der Waals surface area contributed by atoms with Crippen molar-refractivity contribution in [3.63, 3.8) is 0 Å². The Balaban J connectivity index is 1.82. The molecule has 0 radical (unpaired) electrons. The molecule has 0 aliphatic carbocycles. The molecule has 1 heterocycles. The molecule has 1 aromatic carbocycles. The molecule has 7 heteroatoms. The molecule has 0 aromatic heterocycles. The van der Waals surface area contributed by atoms with Gasteiger partial charge in [-0.3, -0.25) is 5.32 Å². The first kappa shape index (κ1) is 15.4. The van der Waals surface area contributed by atoms with E-state index in [4.69, 9.17) is 32.7 Å². The molecule has 1 amide bonds. The van der Waals surface area contributed by atoms with Crippen LogP contribution in [0.4, 0.5) is 10.5 Å². The van der Waals surface area contributed by atoms with E-state index in [2.05, 4.69) is 10.6 Å². The lowest BCUT2D eigenvalue weighted by atomic mass is 10.2. The van der Waals surface area contributed by atoms with E-state index < -0.39 is 6.09 Å². The molecule has 1 fully saturated rings. The molecule has 20 heavy (non-hydrogen) atoms. The van der Waals surface area contributed by atoms with E-state index in [0.29, 0.717) is 22.3 Å². The standard InChI is InChI=1S/C13H16Cl2N2O3/c1-8-5-16-6-10(20-8)7-19-13(18)17-12-4-9(14)2-3-11(12)15/h2-4,8,10,16H,5-7H2,1H3,(H,17,18). The number of ether oxygens (including phenoxy) is 2. The Morgan fingerprint density at radius 2 is 2.30 bits per heavy atom. The number of carbonyl (C=O) groups is 1. The molecule has 1 saturated heterocycles. The van der Waals surface area contributed by atoms with Gasteiger partial charge in [-0.25, -0.2) is 4.79 Å². The smallest absolute Gasteiger partial charge is 0.411 e. The number of amides is 1. The molecule has 1 aliphatic heterocycles. The molecule has 0 saturated carbocycles. The van der Waals surface area contributed by atoms with E-state index in [1.54, 1.807) is 18.2 Å². The molecule has 2 rings (SSSR count). The van der Waals surface area contributed by atoms with Crippen LogP contribution in [0, 0.1) is 0 Å². The van der Waals surface area contributed by atoms with Gasteiger partial charge in [-0.05, 0) is 25.1 Å². The van der Waals surface area contributed by atoms with Crippen molar-refractivity contribution >= 4 is 35.0 Å². The average Bonchev–Trinajstić information content (AvgIpc) is 2.41. The second kappa shape index (κ2) is 7.13. The van der Waals surface area contributed by atoms with Gasteiger partial charge >= 0.3 is 6.09 Å². The fourth-order valence-corrected chi connectivity index (χ4v) is 2.22. The van der Waals surface area contributed by atoms with Gasteiger partial charge in [0.2, 0.25) is 0 Å². The Hall–Kier alpha value is -1.01. The van der Waals surface area contributed by atoms with Crippen LogP contribution in [-0.2, 0) is 9.47 Å². The van der Waals surface area contributed by atoms with Crippen LogP contribution in [0.15, 0.2) is 18.2 Å². The topological polar surface area (TPSA) is 59.6 Å². The summed E-state index contributed by atoms with van der Waals surface area (Å²) < 4.78 is 10.7. The maximum atomic E-state index is 11.7. The lowest BCUT2D eigenvalue weighted by Crippen LogP contribution is -2.45. The van der Waals surface area contributed by atoms with Crippen LogP contribution < -0.4 is 10.6 Å². The summed E-state index contributed by atoms with van der Waals surface area (Å²) in [5, 5.41) is 6.63. The maximum absolute atomic E-state index is 11.7. The van der Waals surface area contributed by atoms with Gasteiger partial charge < -0.3 is 14.8 Å². The van der Waals surface area contributed by atoms with Crippen LogP contribution >= 0.6 is 23.2 Å². The molecule has 2 N–H and O–H groups in total. The van der Waals surface area contributed by atoms with Crippen LogP contribution in [0.5, 0.6) is 0 Å². The van der Waals surface area contributed by atoms with Gasteiger partial charge in [-0.1, -0.05) is 23.2 Å². The molecule has 110 valence electrons. The predicted molar refractivity (Wildman–Crippen MR) is 78.6 cm³/mol. The zero-order chi connectivity index (χ0) is 14.5. The molecule has 2 atom stereocenters. The Kier molecular flexibility index (Phi) is 5.48. The van der Waals surface area contributed by atoms with Gasteiger partial charge in [0.1, 0.15) is 12.7 Å². The van der Waals surface area contributed by atoms with Crippen molar-refractivity contribution in [3.8, 4) is 0 Å². The molecule has 2 unspecified atom stereocenters. The average molecular weight is 319 g/mol. The van der Waals surface area contributed by atoms with Gasteiger partial charge in [-0.15, -0.1) is 0 Å². The predicted octanol–water partition coefficient (Wildman–Crippen LogP) is 2.92. The molecular formula is C13H16Cl2N2O3. The molecule has 1 aliphatic rings. The zero-order valence-corrected chi connectivity index (χ0v) is 12.5. The molecule has 0 spiro atoms. The van der Waals surface area contributed by atoms with E-state index in [1.165, 1.54) is 0 Å². The van der Waals surface area contributed by atoms with E-state index in [0.717, 1.165) is 6.54 Å². The summed E-state index contributed by atoms with van der Waals surface area (Å²) in [6.07, 6.45) is -0.613. The number of hydrogen-bond donors (Lipinski definition) is 2. The summed E-state index contributed by atoms with van der Waals surface area (Å²) in [5.41, 5.74) is 0.417. The van der Waals surface area contributed by atoms with Crippen molar-refractivity contribution < 1.29 is 14.3 Å². The van der Waals surface area contributed by atoms with E-state index >= 15 is 0 Å². The normalized spacial score (nSPS) is 22.4. The highest BCUT2D eigenvalue weighted by Gasteiger charge is 2.20. The second-order valence-corrected chi connectivity index (χ2v) is 5.42. The van der Waals surface area contributed by atoms with Crippen molar-refractivity contribution in [1.82, 2.24) is 5.32 Å². The minimum atomic E-state index is -0.587. The van der Waals surface area contributed by atoms with E-state index in [9.17, 15) is 4.79 Å². The molecule has 5 nitrogen and oxygen atoms in total. The van der Waals surface area contributed by atoms with E-state index in [1.807, 2.05) is 6.92 Å². The lowest BCUT2D eigenvalue weighted by molar-refractivity contribution is -0.0533. The van der Waals surface area contributed by atoms with Crippen LogP contribution in [0.2, 0.25) is 10.0 Å². The number of carbonyl (C=O) groups excluding carboxylic acids is 1. The van der Waals surface area contributed by atoms with Crippen LogP contribution in [0.25, 0.3) is 0 Å². The van der Waals surface area contributed by atoms with Crippen molar-refractivity contribution in [3.05, 3.63) is 28.2 Å². The highest BCUT2D eigenvalue weighted by Crippen LogP contribution is 2.25. The number of nitrogens with one attached hydrogen (secondary N) is 2. The van der Waals surface area contributed by atoms with Gasteiger partial charge in [0.25, 0.3) is 0 Å². The first-order valence-corrected chi connectivity index (χ1v) is 7.05. The number of halogens is 2. The lowest BCUT2D eigenvalue weighted by Gasteiger charge is -2.28. The number of hydrogen-bond acceptors (Lipinski definition) is 4. The summed E-state index contributed by atoms with van der Waals surface area (Å²) in [4.78, 5) is 11.7. The van der Waals surface area contributed by atoms with Crippen LogP contribution in [-0.4, -0.2) is 38.0 Å². The minimum Gasteiger partial charge on any atom is -0.446 e. The molecule has 0 bridgehead atoms. The molecular weight excluding hydrogens is 303 g/mol. The fraction of sp³-hybridized carbons (Fsp3) is 0.462. The third-order valence-corrected chi connectivity index (χ3v) is 3.36. The number of morpholine rings is 1. The SMILES string of the molecule is CC1CNCC(COC(=O)Nc2cc(Cl)ccc2Cl)O1. The highest BCUT2D eigenvalue weighted by atomic mass is 35.5. The summed E-state index contributed by atoms with van der Waals surface area (Å²) >= 11 is 11.8. The number of benzene rings is 1. The highest BCUT2D eigenvalue weighted by molar-refractivity contribution is 6.35. The van der Waals surface area contributed by atoms with Gasteiger partial charge in [0.05, 0.1) is 16.8 Å². The quantitative estimate of drug-likeness (QED) is 0.899. The largest absolute Gasteiger partial charge is 0.446 e. The Morgan fingerprint density at radius 3 is 3.05 bits per heavy atom. The Bertz CT molecular complexity index is 485. The van der Waals surface area contributed by atoms with Crippen molar-refractivity contribution in [2.45, 2.75) is 19.1 Å². The third-order valence-electron chi connectivity index (χ3n) is 2.79. The van der Waals surface area contributed by atoms with Gasteiger partial charge in [0, 0.05) is 18.1 Å². The van der Waals surface area contributed by atoms with Crippen LogP contribution in [0.3, 0.4) is 0 Å². The first-order valence-electron chi connectivity index (χ1n) is 6.29. The minimum absolute atomic E-state index is 0.114. The fourth-order valence-electron chi connectivity index (χ4n) is 1.88. The van der Waals surface area contributed by atoms with Crippen molar-refractivity contribution in [2.24, 2.45) is 0 Å². The number of rotatable bonds is 3. The van der Waals surface area contributed by atoms with E-state index in [-0.39, 0.29) is 18.8 Å². The van der Waals surface area contributed by atoms with Gasteiger partial charge in [0.15, 0.2) is 0 Å². The summed E-state index contributed by atoms with van der Waals surface area (Å²) in [7, 11) is 0. The summed E-state index contributed by atoms with van der Waals surface area (Å²) in [6.45, 7) is 3.61. The van der Waals surface area contributed by atoms with Gasteiger partial charge in [-0.2, -0.15) is 0 Å². The molecule has 1 aromatic rings. The second-order valence-electron chi connectivity index (χ2n) is 4.57. The Morgan fingerprint density at radius 1 is 1.50 bits per heavy atom.